The van der Waals surface area contributed by atoms with Gasteiger partial charge in [-0.3, -0.25) is 0 Å². The number of rotatable bonds is 14. The minimum atomic E-state index is -4.39. The maximum absolute atomic E-state index is 10.9. The van der Waals surface area contributed by atoms with E-state index in [1.54, 1.807) is 0 Å². The second kappa shape index (κ2) is 11.6. The molecule has 0 radical (unpaired) electrons. The van der Waals surface area contributed by atoms with E-state index >= 15 is 0 Å². The summed E-state index contributed by atoms with van der Waals surface area (Å²) in [6.07, 6.45) is 10.0. The molecule has 150 valence electrons. The summed E-state index contributed by atoms with van der Waals surface area (Å²) >= 11 is 0. The Morgan fingerprint density at radius 2 is 1.42 bits per heavy atom. The average molecular weight is 386 g/mol. The van der Waals surface area contributed by atoms with Crippen LogP contribution in [0.25, 0.3) is 0 Å². The van der Waals surface area contributed by atoms with E-state index < -0.39 is 10.1 Å². The Labute approximate surface area is 159 Å². The Hall–Kier alpha value is -1.11. The molecule has 0 amide bonds. The molecule has 0 unspecified atom stereocenters. The third kappa shape index (κ3) is 10.1. The topological polar surface area (TPSA) is 66.4 Å². The summed E-state index contributed by atoms with van der Waals surface area (Å²) in [7, 11) is 0.186. The van der Waals surface area contributed by atoms with Gasteiger partial charge in [-0.1, -0.05) is 32.6 Å². The van der Waals surface area contributed by atoms with Gasteiger partial charge in [0.15, 0.2) is 0 Å². The van der Waals surface area contributed by atoms with Crippen LogP contribution in [0.3, 0.4) is 0 Å². The van der Waals surface area contributed by atoms with Gasteiger partial charge in [0, 0.05) is 0 Å². The predicted molar refractivity (Wildman–Crippen MR) is 104 cm³/mol. The van der Waals surface area contributed by atoms with Gasteiger partial charge in [-0.25, -0.2) is 8.42 Å². The standard InChI is InChI=1S/C20H35NO4S/c1-4-5-6-7-8-9-16-21(2,3)17-10-11-18-25-19-12-14-20(15-13-19)26(22,23)24/h12-15H,4-11,16-18H2,1-3H3. The van der Waals surface area contributed by atoms with E-state index in [9.17, 15) is 13.0 Å². The van der Waals surface area contributed by atoms with Crippen LogP contribution in [0.2, 0.25) is 0 Å². The van der Waals surface area contributed by atoms with Gasteiger partial charge >= 0.3 is 0 Å². The minimum Gasteiger partial charge on any atom is -0.744 e. The molecule has 0 aliphatic carbocycles. The van der Waals surface area contributed by atoms with E-state index in [0.29, 0.717) is 12.4 Å². The fraction of sp³-hybridized carbons (Fsp3) is 0.700. The summed E-state index contributed by atoms with van der Waals surface area (Å²) in [6.45, 7) is 5.19. The number of ether oxygens (including phenoxy) is 1. The first-order valence-corrected chi connectivity index (χ1v) is 11.2. The molecule has 0 aliphatic heterocycles. The third-order valence-corrected chi connectivity index (χ3v) is 5.51. The largest absolute Gasteiger partial charge is 0.744 e. The van der Waals surface area contributed by atoms with Gasteiger partial charge in [-0.15, -0.1) is 0 Å². The van der Waals surface area contributed by atoms with Crippen LogP contribution in [0.1, 0.15) is 58.3 Å². The average Bonchev–Trinajstić information content (AvgIpc) is 2.57. The molecule has 0 saturated heterocycles. The molecule has 0 heterocycles. The minimum absolute atomic E-state index is 0.224. The number of nitrogens with zero attached hydrogens (tertiary/aromatic N) is 1. The molecule has 6 heteroatoms. The Morgan fingerprint density at radius 1 is 0.885 bits per heavy atom. The molecule has 0 fully saturated rings. The summed E-state index contributed by atoms with van der Waals surface area (Å²) < 4.78 is 39.3. The SMILES string of the molecule is CCCCCCCC[N+](C)(C)CCCCOc1ccc(S(=O)(=O)[O-])cc1. The van der Waals surface area contributed by atoms with E-state index in [0.717, 1.165) is 23.9 Å². The van der Waals surface area contributed by atoms with Gasteiger partial charge < -0.3 is 13.8 Å². The first-order valence-electron chi connectivity index (χ1n) is 9.75. The van der Waals surface area contributed by atoms with Crippen molar-refractivity contribution in [3.63, 3.8) is 0 Å². The van der Waals surface area contributed by atoms with Gasteiger partial charge in [0.05, 0.1) is 38.7 Å². The van der Waals surface area contributed by atoms with Crippen LogP contribution in [0, 0.1) is 0 Å². The van der Waals surface area contributed by atoms with E-state index in [4.69, 9.17) is 4.74 Å². The number of unbranched alkanes of at least 4 members (excludes halogenated alkanes) is 6. The van der Waals surface area contributed by atoms with Gasteiger partial charge in [0.25, 0.3) is 0 Å². The molecular weight excluding hydrogens is 350 g/mol. The Morgan fingerprint density at radius 3 is 2.00 bits per heavy atom. The van der Waals surface area contributed by atoms with E-state index in [-0.39, 0.29) is 4.90 Å². The third-order valence-electron chi connectivity index (χ3n) is 4.66. The van der Waals surface area contributed by atoms with Crippen LogP contribution >= 0.6 is 0 Å². The Kier molecular flexibility index (Phi) is 10.2. The van der Waals surface area contributed by atoms with Crippen molar-refractivity contribution in [2.45, 2.75) is 63.2 Å². The fourth-order valence-electron chi connectivity index (χ4n) is 2.97. The highest BCUT2D eigenvalue weighted by atomic mass is 32.2. The van der Waals surface area contributed by atoms with Crippen LogP contribution in [0.15, 0.2) is 29.2 Å². The maximum Gasteiger partial charge on any atom is 0.124 e. The lowest BCUT2D eigenvalue weighted by atomic mass is 10.1. The molecule has 0 aromatic heterocycles. The van der Waals surface area contributed by atoms with Gasteiger partial charge in [0.2, 0.25) is 0 Å². The monoisotopic (exact) mass is 385 g/mol. The zero-order valence-electron chi connectivity index (χ0n) is 16.6. The summed E-state index contributed by atoms with van der Waals surface area (Å²) in [5, 5.41) is 0. The van der Waals surface area contributed by atoms with Gasteiger partial charge in [0.1, 0.15) is 15.9 Å². The second-order valence-electron chi connectivity index (χ2n) is 7.63. The zero-order chi connectivity index (χ0) is 19.5. The molecular formula is C20H35NO4S. The van der Waals surface area contributed by atoms with Crippen molar-refractivity contribution in [2.24, 2.45) is 0 Å². The first kappa shape index (κ1) is 22.9. The molecule has 1 aromatic carbocycles. The van der Waals surface area contributed by atoms with Crippen LogP contribution in [0.4, 0.5) is 0 Å². The van der Waals surface area contributed by atoms with Crippen molar-refractivity contribution in [3.8, 4) is 5.75 Å². The lowest BCUT2D eigenvalue weighted by Gasteiger charge is -2.30. The van der Waals surface area contributed by atoms with Crippen molar-refractivity contribution in [1.82, 2.24) is 0 Å². The molecule has 1 aromatic rings. The first-order chi connectivity index (χ1) is 12.2. The Balaban J connectivity index is 2.15. The van der Waals surface area contributed by atoms with Crippen molar-refractivity contribution in [3.05, 3.63) is 24.3 Å². The molecule has 0 atom stereocenters. The smallest absolute Gasteiger partial charge is 0.124 e. The van der Waals surface area contributed by atoms with Gasteiger partial charge in [-0.05, 0) is 49.9 Å². The van der Waals surface area contributed by atoms with Crippen molar-refractivity contribution in [2.75, 3.05) is 33.8 Å². The van der Waals surface area contributed by atoms with Crippen molar-refractivity contribution < 1.29 is 22.2 Å². The molecule has 1 rings (SSSR count). The fourth-order valence-corrected chi connectivity index (χ4v) is 3.44. The highest BCUT2D eigenvalue weighted by Gasteiger charge is 2.13. The lowest BCUT2D eigenvalue weighted by molar-refractivity contribution is -0.890. The highest BCUT2D eigenvalue weighted by molar-refractivity contribution is 7.85. The van der Waals surface area contributed by atoms with E-state index in [1.807, 2.05) is 0 Å². The number of benzene rings is 1. The summed E-state index contributed by atoms with van der Waals surface area (Å²) in [5.41, 5.74) is 0. The van der Waals surface area contributed by atoms with E-state index in [2.05, 4.69) is 21.0 Å². The highest BCUT2D eigenvalue weighted by Crippen LogP contribution is 2.16. The molecule has 26 heavy (non-hydrogen) atoms. The number of quaternary nitrogens is 1. The van der Waals surface area contributed by atoms with Crippen LogP contribution in [-0.2, 0) is 10.1 Å². The van der Waals surface area contributed by atoms with Crippen molar-refractivity contribution in [1.29, 1.82) is 0 Å². The van der Waals surface area contributed by atoms with Gasteiger partial charge in [-0.2, -0.15) is 0 Å². The second-order valence-corrected chi connectivity index (χ2v) is 9.01. The predicted octanol–water partition coefficient (Wildman–Crippen LogP) is 4.19. The van der Waals surface area contributed by atoms with Crippen molar-refractivity contribution >= 4 is 10.1 Å². The normalized spacial score (nSPS) is 12.3. The summed E-state index contributed by atoms with van der Waals surface area (Å²) in [5.74, 6) is 0.596. The van der Waals surface area contributed by atoms with Crippen LogP contribution < -0.4 is 4.74 Å². The van der Waals surface area contributed by atoms with Crippen LogP contribution in [0.5, 0.6) is 5.75 Å². The van der Waals surface area contributed by atoms with E-state index in [1.165, 1.54) is 69.3 Å². The van der Waals surface area contributed by atoms with Crippen LogP contribution in [-0.4, -0.2) is 51.2 Å². The Bertz CT molecular complexity index is 597. The lowest BCUT2D eigenvalue weighted by Crippen LogP contribution is -2.41. The summed E-state index contributed by atoms with van der Waals surface area (Å²) in [4.78, 5) is -0.224. The molecule has 0 aliphatic rings. The zero-order valence-corrected chi connectivity index (χ0v) is 17.4. The maximum atomic E-state index is 10.9. The quantitative estimate of drug-likeness (QED) is 0.274. The molecule has 0 spiro atoms. The molecule has 5 nitrogen and oxygen atoms in total. The molecule has 0 saturated carbocycles. The summed E-state index contributed by atoms with van der Waals surface area (Å²) in [6, 6.07) is 5.64. The number of hydrogen-bond donors (Lipinski definition) is 0. The molecule has 0 bridgehead atoms. The number of hydrogen-bond acceptors (Lipinski definition) is 4. The molecule has 0 N–H and O–H groups in total.